The summed E-state index contributed by atoms with van der Waals surface area (Å²) in [5.41, 5.74) is 0. The van der Waals surface area contributed by atoms with E-state index in [-0.39, 0.29) is 5.91 Å². The molecular formula is C16H27N5O3. The molecule has 0 saturated carbocycles. The predicted octanol–water partition coefficient (Wildman–Crippen LogP) is 0.0368. The number of nitrogens with one attached hydrogen (secondary N) is 1. The predicted molar refractivity (Wildman–Crippen MR) is 87.3 cm³/mol. The van der Waals surface area contributed by atoms with Gasteiger partial charge in [0.2, 0.25) is 11.8 Å². The number of amides is 1. The van der Waals surface area contributed by atoms with Crippen LogP contribution < -0.4 is 5.32 Å². The average molecular weight is 337 g/mol. The Morgan fingerprint density at radius 3 is 3.04 bits per heavy atom. The Hall–Kier alpha value is -1.51. The summed E-state index contributed by atoms with van der Waals surface area (Å²) >= 11 is 0. The van der Waals surface area contributed by atoms with Crippen molar-refractivity contribution in [1.82, 2.24) is 25.3 Å². The summed E-state index contributed by atoms with van der Waals surface area (Å²) in [5.74, 6) is 1.89. The number of aryl methyl sites for hydroxylation is 1. The highest BCUT2D eigenvalue weighted by atomic mass is 16.5. The van der Waals surface area contributed by atoms with Gasteiger partial charge in [-0.1, -0.05) is 5.16 Å². The Labute approximate surface area is 142 Å². The number of aromatic nitrogens is 2. The van der Waals surface area contributed by atoms with E-state index >= 15 is 0 Å². The van der Waals surface area contributed by atoms with Crippen molar-refractivity contribution >= 4 is 5.91 Å². The van der Waals surface area contributed by atoms with Gasteiger partial charge in [-0.25, -0.2) is 0 Å². The summed E-state index contributed by atoms with van der Waals surface area (Å²) in [7, 11) is 2.07. The second kappa shape index (κ2) is 8.04. The van der Waals surface area contributed by atoms with Crippen LogP contribution in [-0.4, -0.2) is 78.3 Å². The first kappa shape index (κ1) is 17.3. The molecule has 2 saturated heterocycles. The van der Waals surface area contributed by atoms with Crippen LogP contribution in [0.5, 0.6) is 0 Å². The van der Waals surface area contributed by atoms with Gasteiger partial charge in [-0.05, 0) is 19.9 Å². The number of likely N-dealkylation sites (tertiary alicyclic amines) is 1. The lowest BCUT2D eigenvalue weighted by molar-refractivity contribution is -0.122. The van der Waals surface area contributed by atoms with Crippen LogP contribution >= 0.6 is 0 Å². The van der Waals surface area contributed by atoms with Crippen molar-refractivity contribution in [3.63, 3.8) is 0 Å². The molecule has 0 bridgehead atoms. The molecule has 1 amide bonds. The molecule has 2 aliphatic heterocycles. The smallest absolute Gasteiger partial charge is 0.234 e. The van der Waals surface area contributed by atoms with Gasteiger partial charge in [0.15, 0.2) is 5.82 Å². The summed E-state index contributed by atoms with van der Waals surface area (Å²) in [6.45, 7) is 7.10. The lowest BCUT2D eigenvalue weighted by atomic mass is 10.1. The molecule has 134 valence electrons. The zero-order valence-electron chi connectivity index (χ0n) is 14.5. The van der Waals surface area contributed by atoms with Crippen LogP contribution in [0.4, 0.5) is 0 Å². The average Bonchev–Trinajstić information content (AvgIpc) is 3.27. The molecule has 2 fully saturated rings. The van der Waals surface area contributed by atoms with E-state index in [4.69, 9.17) is 9.26 Å². The molecule has 3 rings (SSSR count). The van der Waals surface area contributed by atoms with E-state index in [1.54, 1.807) is 6.92 Å². The summed E-state index contributed by atoms with van der Waals surface area (Å²) < 4.78 is 10.3. The second-order valence-corrected chi connectivity index (χ2v) is 6.86. The van der Waals surface area contributed by atoms with Crippen LogP contribution in [0.3, 0.4) is 0 Å². The highest BCUT2D eigenvalue weighted by Gasteiger charge is 2.27. The Balaban J connectivity index is 1.37. The molecule has 3 heterocycles. The minimum Gasteiger partial charge on any atom is -0.381 e. The minimum absolute atomic E-state index is 0.110. The molecule has 8 heteroatoms. The first-order chi connectivity index (χ1) is 11.6. The summed E-state index contributed by atoms with van der Waals surface area (Å²) in [6.07, 6.45) is 2.10. The molecule has 24 heavy (non-hydrogen) atoms. The molecule has 0 spiro atoms. The van der Waals surface area contributed by atoms with Crippen LogP contribution in [-0.2, 0) is 16.1 Å². The van der Waals surface area contributed by atoms with Crippen LogP contribution in [0.2, 0.25) is 0 Å². The molecule has 0 aliphatic carbocycles. The fourth-order valence-corrected chi connectivity index (χ4v) is 3.33. The van der Waals surface area contributed by atoms with Gasteiger partial charge in [-0.15, -0.1) is 0 Å². The van der Waals surface area contributed by atoms with E-state index < -0.39 is 0 Å². The number of ether oxygens (including phenoxy) is 1. The van der Waals surface area contributed by atoms with Gasteiger partial charge in [0, 0.05) is 45.1 Å². The lowest BCUT2D eigenvalue weighted by Gasteiger charge is -2.23. The monoisotopic (exact) mass is 337 g/mol. The van der Waals surface area contributed by atoms with Gasteiger partial charge >= 0.3 is 0 Å². The molecule has 1 aromatic rings. The molecule has 1 aromatic heterocycles. The van der Waals surface area contributed by atoms with Crippen LogP contribution in [0.1, 0.15) is 24.6 Å². The van der Waals surface area contributed by atoms with Gasteiger partial charge < -0.3 is 14.6 Å². The van der Waals surface area contributed by atoms with Crippen molar-refractivity contribution in [2.24, 2.45) is 5.92 Å². The lowest BCUT2D eigenvalue weighted by Crippen LogP contribution is -2.40. The Morgan fingerprint density at radius 1 is 1.46 bits per heavy atom. The third kappa shape index (κ3) is 4.75. The van der Waals surface area contributed by atoms with E-state index in [2.05, 4.69) is 32.3 Å². The summed E-state index contributed by atoms with van der Waals surface area (Å²) in [4.78, 5) is 20.8. The number of rotatable bonds is 7. The quantitative estimate of drug-likeness (QED) is 0.752. The highest BCUT2D eigenvalue weighted by Crippen LogP contribution is 2.16. The van der Waals surface area contributed by atoms with Crippen molar-refractivity contribution in [1.29, 1.82) is 0 Å². The summed E-state index contributed by atoms with van der Waals surface area (Å²) in [6, 6.07) is 0.417. The molecular weight excluding hydrogens is 310 g/mol. The van der Waals surface area contributed by atoms with Gasteiger partial charge in [-0.2, -0.15) is 4.98 Å². The molecule has 2 atom stereocenters. The zero-order chi connectivity index (χ0) is 16.9. The normalized spacial score (nSPS) is 24.8. The number of hydrogen-bond donors (Lipinski definition) is 1. The maximum Gasteiger partial charge on any atom is 0.234 e. The van der Waals surface area contributed by atoms with Gasteiger partial charge in [0.1, 0.15) is 0 Å². The number of nitrogens with zero attached hydrogens (tertiary/aromatic N) is 4. The number of hydrogen-bond acceptors (Lipinski definition) is 7. The number of carbonyl (C=O) groups excluding carboxylic acids is 1. The summed E-state index contributed by atoms with van der Waals surface area (Å²) in [5, 5.41) is 6.97. The fraction of sp³-hybridized carbons (Fsp3) is 0.812. The van der Waals surface area contributed by atoms with E-state index in [9.17, 15) is 4.79 Å². The molecule has 1 N–H and O–H groups in total. The largest absolute Gasteiger partial charge is 0.381 e. The van der Waals surface area contributed by atoms with Crippen molar-refractivity contribution in [3.8, 4) is 0 Å². The van der Waals surface area contributed by atoms with Crippen molar-refractivity contribution in [2.45, 2.75) is 32.4 Å². The van der Waals surface area contributed by atoms with Crippen molar-refractivity contribution in [2.75, 3.05) is 46.4 Å². The molecule has 8 nitrogen and oxygen atoms in total. The Bertz CT molecular complexity index is 544. The Kier molecular flexibility index (Phi) is 5.80. The maximum atomic E-state index is 12.1. The van der Waals surface area contributed by atoms with Crippen molar-refractivity contribution < 1.29 is 14.1 Å². The number of likely N-dealkylation sites (N-methyl/N-ethyl adjacent to an activating group) is 1. The van der Waals surface area contributed by atoms with Gasteiger partial charge in [0.05, 0.1) is 19.7 Å². The van der Waals surface area contributed by atoms with E-state index in [1.165, 1.54) is 0 Å². The van der Waals surface area contributed by atoms with Gasteiger partial charge in [0.25, 0.3) is 0 Å². The van der Waals surface area contributed by atoms with Crippen LogP contribution in [0.15, 0.2) is 4.52 Å². The maximum absolute atomic E-state index is 12.1. The topological polar surface area (TPSA) is 83.7 Å². The molecule has 0 radical (unpaired) electrons. The third-order valence-corrected chi connectivity index (χ3v) is 4.81. The second-order valence-electron chi connectivity index (χ2n) is 6.86. The zero-order valence-corrected chi connectivity index (χ0v) is 14.5. The first-order valence-electron chi connectivity index (χ1n) is 8.66. The SMILES string of the molecule is Cc1nc(CN(C)C2CCN(CC(=O)NCC3CCOC3)C2)no1. The van der Waals surface area contributed by atoms with Crippen molar-refractivity contribution in [3.05, 3.63) is 11.7 Å². The van der Waals surface area contributed by atoms with Crippen LogP contribution in [0.25, 0.3) is 0 Å². The first-order valence-corrected chi connectivity index (χ1v) is 8.66. The standard InChI is InChI=1S/C16H27N5O3/c1-12-18-15(19-24-12)9-20(2)14-3-5-21(8-14)10-16(22)17-7-13-4-6-23-11-13/h13-14H,3-11H2,1-2H3,(H,17,22). The van der Waals surface area contributed by atoms with E-state index in [0.717, 1.165) is 45.7 Å². The van der Waals surface area contributed by atoms with Gasteiger partial charge in [-0.3, -0.25) is 14.6 Å². The fourth-order valence-electron chi connectivity index (χ4n) is 3.33. The van der Waals surface area contributed by atoms with E-state index in [1.807, 2.05) is 0 Å². The minimum atomic E-state index is 0.110. The molecule has 2 aliphatic rings. The highest BCUT2D eigenvalue weighted by molar-refractivity contribution is 5.78. The van der Waals surface area contributed by atoms with E-state index in [0.29, 0.717) is 36.8 Å². The van der Waals surface area contributed by atoms with Crippen LogP contribution in [0, 0.1) is 12.8 Å². The third-order valence-electron chi connectivity index (χ3n) is 4.81. The number of carbonyl (C=O) groups is 1. The molecule has 2 unspecified atom stereocenters. The molecule has 0 aromatic carbocycles. The Morgan fingerprint density at radius 2 is 2.33 bits per heavy atom.